The SMILES string of the molecule is CC1(C)CN(C(=O)c2csc(Br)c2)CC(CCl)O1. The monoisotopic (exact) mass is 351 g/mol. The van der Waals surface area contributed by atoms with Crippen molar-refractivity contribution >= 4 is 44.8 Å². The summed E-state index contributed by atoms with van der Waals surface area (Å²) in [6.07, 6.45) is -0.0959. The molecule has 3 nitrogen and oxygen atoms in total. The Morgan fingerprint density at radius 1 is 1.72 bits per heavy atom. The van der Waals surface area contributed by atoms with Crippen molar-refractivity contribution in [3.05, 3.63) is 20.8 Å². The molecule has 0 bridgehead atoms. The smallest absolute Gasteiger partial charge is 0.254 e. The van der Waals surface area contributed by atoms with Gasteiger partial charge in [0, 0.05) is 18.5 Å². The first-order valence-corrected chi connectivity index (χ1v) is 7.89. The van der Waals surface area contributed by atoms with E-state index in [1.165, 1.54) is 11.3 Å². The van der Waals surface area contributed by atoms with Crippen LogP contribution in [0.15, 0.2) is 15.2 Å². The number of ether oxygens (including phenoxy) is 1. The van der Waals surface area contributed by atoms with Crippen molar-refractivity contribution in [2.24, 2.45) is 0 Å². The Morgan fingerprint density at radius 2 is 2.44 bits per heavy atom. The third-order valence-electron chi connectivity index (χ3n) is 2.76. The zero-order chi connectivity index (χ0) is 13.3. The summed E-state index contributed by atoms with van der Waals surface area (Å²) in [7, 11) is 0. The van der Waals surface area contributed by atoms with Gasteiger partial charge in [-0.3, -0.25) is 4.79 Å². The number of amides is 1. The lowest BCUT2D eigenvalue weighted by atomic mass is 10.0. The van der Waals surface area contributed by atoms with E-state index in [1.54, 1.807) is 0 Å². The van der Waals surface area contributed by atoms with Gasteiger partial charge in [-0.1, -0.05) is 0 Å². The van der Waals surface area contributed by atoms with Crippen LogP contribution in [0.1, 0.15) is 24.2 Å². The predicted molar refractivity (Wildman–Crippen MR) is 77.6 cm³/mol. The van der Waals surface area contributed by atoms with E-state index in [4.69, 9.17) is 16.3 Å². The molecule has 0 radical (unpaired) electrons. The molecule has 1 saturated heterocycles. The molecular formula is C12H15BrClNO2S. The van der Waals surface area contributed by atoms with Crippen LogP contribution in [0.3, 0.4) is 0 Å². The summed E-state index contributed by atoms with van der Waals surface area (Å²) < 4.78 is 6.78. The number of morpholine rings is 1. The minimum absolute atomic E-state index is 0.0449. The number of carbonyl (C=O) groups is 1. The van der Waals surface area contributed by atoms with E-state index >= 15 is 0 Å². The second-order valence-corrected chi connectivity index (χ2v) is 7.58. The average Bonchev–Trinajstić information content (AvgIpc) is 2.72. The van der Waals surface area contributed by atoms with Crippen LogP contribution in [-0.4, -0.2) is 41.5 Å². The normalized spacial score (nSPS) is 23.1. The first-order chi connectivity index (χ1) is 8.41. The van der Waals surface area contributed by atoms with Gasteiger partial charge in [-0.25, -0.2) is 0 Å². The molecule has 0 aromatic carbocycles. The summed E-state index contributed by atoms with van der Waals surface area (Å²) >= 11 is 10.7. The molecule has 0 spiro atoms. The van der Waals surface area contributed by atoms with Crippen LogP contribution in [0, 0.1) is 0 Å². The number of nitrogens with zero attached hydrogens (tertiary/aromatic N) is 1. The molecule has 1 aromatic heterocycles. The van der Waals surface area contributed by atoms with Crippen molar-refractivity contribution in [3.63, 3.8) is 0 Å². The topological polar surface area (TPSA) is 29.5 Å². The van der Waals surface area contributed by atoms with E-state index in [9.17, 15) is 4.79 Å². The van der Waals surface area contributed by atoms with Crippen LogP contribution in [0.25, 0.3) is 0 Å². The van der Waals surface area contributed by atoms with Crippen molar-refractivity contribution in [1.29, 1.82) is 0 Å². The largest absolute Gasteiger partial charge is 0.367 e. The van der Waals surface area contributed by atoms with Crippen LogP contribution >= 0.6 is 38.9 Å². The van der Waals surface area contributed by atoms with E-state index in [0.29, 0.717) is 19.0 Å². The Hall–Kier alpha value is -0.100. The summed E-state index contributed by atoms with van der Waals surface area (Å²) in [4.78, 5) is 14.2. The summed E-state index contributed by atoms with van der Waals surface area (Å²) in [5.41, 5.74) is 0.374. The van der Waals surface area contributed by atoms with Crippen LogP contribution in [0.2, 0.25) is 0 Å². The standard InChI is InChI=1S/C12H15BrClNO2S/c1-12(2)7-15(5-9(4-14)17-12)11(16)8-3-10(13)18-6-8/h3,6,9H,4-5,7H2,1-2H3. The van der Waals surface area contributed by atoms with Crippen LogP contribution in [0.4, 0.5) is 0 Å². The fourth-order valence-corrected chi connectivity index (χ4v) is 3.43. The lowest BCUT2D eigenvalue weighted by Gasteiger charge is -2.42. The molecule has 18 heavy (non-hydrogen) atoms. The van der Waals surface area contributed by atoms with Crippen molar-refractivity contribution in [3.8, 4) is 0 Å². The lowest BCUT2D eigenvalue weighted by Crippen LogP contribution is -2.55. The Bertz CT molecular complexity index is 449. The predicted octanol–water partition coefficient (Wildman–Crippen LogP) is 3.37. The molecule has 1 atom stereocenters. The van der Waals surface area contributed by atoms with E-state index in [1.807, 2.05) is 30.2 Å². The third kappa shape index (κ3) is 3.26. The minimum atomic E-state index is -0.347. The van der Waals surface area contributed by atoms with Gasteiger partial charge in [0.05, 0.1) is 26.9 Å². The number of alkyl halides is 1. The van der Waals surface area contributed by atoms with E-state index in [0.717, 1.165) is 9.35 Å². The third-order valence-corrected chi connectivity index (χ3v) is 4.60. The molecule has 1 aliphatic rings. The van der Waals surface area contributed by atoms with E-state index in [-0.39, 0.29) is 17.6 Å². The van der Waals surface area contributed by atoms with Gasteiger partial charge < -0.3 is 9.64 Å². The highest BCUT2D eigenvalue weighted by atomic mass is 79.9. The summed E-state index contributed by atoms with van der Waals surface area (Å²) in [5, 5.41) is 1.87. The quantitative estimate of drug-likeness (QED) is 0.764. The van der Waals surface area contributed by atoms with Crippen LogP contribution in [-0.2, 0) is 4.74 Å². The van der Waals surface area contributed by atoms with Gasteiger partial charge in [-0.2, -0.15) is 0 Å². The van der Waals surface area contributed by atoms with Gasteiger partial charge in [0.2, 0.25) is 0 Å². The first kappa shape index (κ1) is 14.3. The van der Waals surface area contributed by atoms with Gasteiger partial charge in [-0.05, 0) is 35.8 Å². The Morgan fingerprint density at radius 3 is 3.00 bits per heavy atom. The molecule has 0 aliphatic carbocycles. The Labute approximate surface area is 124 Å². The molecule has 100 valence electrons. The van der Waals surface area contributed by atoms with Gasteiger partial charge >= 0.3 is 0 Å². The average molecular weight is 353 g/mol. The maximum absolute atomic E-state index is 12.4. The molecule has 1 aliphatic heterocycles. The fraction of sp³-hybridized carbons (Fsp3) is 0.583. The number of rotatable bonds is 2. The molecule has 2 heterocycles. The molecular weight excluding hydrogens is 338 g/mol. The number of hydrogen-bond donors (Lipinski definition) is 0. The highest BCUT2D eigenvalue weighted by Gasteiger charge is 2.35. The Balaban J connectivity index is 2.14. The van der Waals surface area contributed by atoms with E-state index < -0.39 is 0 Å². The summed E-state index contributed by atoms with van der Waals surface area (Å²) in [6.45, 7) is 5.11. The van der Waals surface area contributed by atoms with E-state index in [2.05, 4.69) is 15.9 Å². The number of thiophene rings is 1. The first-order valence-electron chi connectivity index (χ1n) is 5.68. The van der Waals surface area contributed by atoms with Crippen LogP contribution < -0.4 is 0 Å². The zero-order valence-electron chi connectivity index (χ0n) is 10.3. The molecule has 2 rings (SSSR count). The van der Waals surface area contributed by atoms with Crippen LogP contribution in [0.5, 0.6) is 0 Å². The number of halogens is 2. The summed E-state index contributed by atoms with van der Waals surface area (Å²) in [6, 6.07) is 1.85. The summed E-state index contributed by atoms with van der Waals surface area (Å²) in [5.74, 6) is 0.448. The lowest BCUT2D eigenvalue weighted by molar-refractivity contribution is -0.117. The van der Waals surface area contributed by atoms with Gasteiger partial charge in [0.15, 0.2) is 0 Å². The maximum Gasteiger partial charge on any atom is 0.254 e. The minimum Gasteiger partial charge on any atom is -0.367 e. The maximum atomic E-state index is 12.4. The molecule has 0 saturated carbocycles. The number of hydrogen-bond acceptors (Lipinski definition) is 3. The fourth-order valence-electron chi connectivity index (χ4n) is 2.14. The van der Waals surface area contributed by atoms with Gasteiger partial charge in [0.1, 0.15) is 0 Å². The molecule has 6 heteroatoms. The second kappa shape index (κ2) is 5.49. The molecule has 1 amide bonds. The van der Waals surface area contributed by atoms with Crippen molar-refractivity contribution in [1.82, 2.24) is 4.90 Å². The second-order valence-electron chi connectivity index (χ2n) is 4.98. The molecule has 1 unspecified atom stereocenters. The highest BCUT2D eigenvalue weighted by Crippen LogP contribution is 2.26. The van der Waals surface area contributed by atoms with Gasteiger partial charge in [0.25, 0.3) is 5.91 Å². The molecule has 1 fully saturated rings. The Kier molecular flexibility index (Phi) is 4.36. The number of carbonyl (C=O) groups excluding carboxylic acids is 1. The molecule has 0 N–H and O–H groups in total. The van der Waals surface area contributed by atoms with Crippen molar-refractivity contribution in [2.75, 3.05) is 19.0 Å². The van der Waals surface area contributed by atoms with Crippen molar-refractivity contribution in [2.45, 2.75) is 25.6 Å². The molecule has 1 aromatic rings. The zero-order valence-corrected chi connectivity index (χ0v) is 13.4. The highest BCUT2D eigenvalue weighted by molar-refractivity contribution is 9.11. The van der Waals surface area contributed by atoms with Gasteiger partial charge in [-0.15, -0.1) is 22.9 Å². The van der Waals surface area contributed by atoms with Crippen molar-refractivity contribution < 1.29 is 9.53 Å².